The van der Waals surface area contributed by atoms with E-state index in [-0.39, 0.29) is 11.3 Å². The van der Waals surface area contributed by atoms with Crippen LogP contribution < -0.4 is 10.4 Å². The Bertz CT molecular complexity index is 637. The summed E-state index contributed by atoms with van der Waals surface area (Å²) in [6.07, 6.45) is 1.17. The van der Waals surface area contributed by atoms with Crippen molar-refractivity contribution in [1.29, 1.82) is 0 Å². The van der Waals surface area contributed by atoms with E-state index in [1.165, 1.54) is 0 Å². The average Bonchev–Trinajstić information content (AvgIpc) is 2.45. The Morgan fingerprint density at radius 3 is 2.15 bits per heavy atom. The fourth-order valence-electron chi connectivity index (χ4n) is 2.45. The van der Waals surface area contributed by atoms with E-state index in [9.17, 15) is 9.90 Å². The Hall–Kier alpha value is -2.08. The predicted octanol–water partition coefficient (Wildman–Crippen LogP) is 1.51. The molecule has 0 bridgehead atoms. The quantitative estimate of drug-likeness (QED) is 0.732. The summed E-state index contributed by atoms with van der Waals surface area (Å²) in [5.41, 5.74) is 2.81. The number of amides is 1. The van der Waals surface area contributed by atoms with Crippen LogP contribution in [0, 0.1) is 6.92 Å². The summed E-state index contributed by atoms with van der Waals surface area (Å²) >= 11 is 0. The van der Waals surface area contributed by atoms with Gasteiger partial charge < -0.3 is 24.8 Å². The van der Waals surface area contributed by atoms with Crippen molar-refractivity contribution in [2.45, 2.75) is 52.9 Å². The molecule has 0 aromatic heterocycles. The molecule has 0 aliphatic heterocycles. The molecule has 0 saturated carbocycles. The maximum Gasteiger partial charge on any atom is 0.220 e. The van der Waals surface area contributed by atoms with Crippen LogP contribution in [-0.2, 0) is 21.4 Å². The summed E-state index contributed by atoms with van der Waals surface area (Å²) in [4.78, 5) is 20.9. The summed E-state index contributed by atoms with van der Waals surface area (Å²) < 4.78 is 0.840. The number of aryl methyl sites for hydroxylation is 2. The highest BCUT2D eigenvalue weighted by Crippen LogP contribution is 2.34. The largest absolute Gasteiger partial charge is 0.550 e. The topological polar surface area (TPSA) is 89.5 Å². The smallest absolute Gasteiger partial charge is 0.220 e. The third-order valence-corrected chi connectivity index (χ3v) is 3.91. The molecular weight excluding hydrogens is 344 g/mol. The minimum Gasteiger partial charge on any atom is -0.550 e. The fraction of sp³-hybridized carbons (Fsp3) is 0.619. The molecule has 0 heterocycles. The van der Waals surface area contributed by atoms with Crippen LogP contribution in [0.4, 0.5) is 0 Å². The number of phenols is 1. The number of aromatic hydroxyl groups is 1. The molecule has 0 spiro atoms. The maximum absolute atomic E-state index is 12.0. The summed E-state index contributed by atoms with van der Waals surface area (Å²) in [6, 6.07) is 4.01. The van der Waals surface area contributed by atoms with Crippen LogP contribution in [0.5, 0.6) is 5.75 Å². The molecule has 0 aliphatic carbocycles. The molecule has 0 radical (unpaired) electrons. The molecular formula is C21H36N2O4. The van der Waals surface area contributed by atoms with Gasteiger partial charge in [0.1, 0.15) is 5.75 Å². The molecule has 1 aromatic carbocycles. The Morgan fingerprint density at radius 1 is 1.19 bits per heavy atom. The molecule has 0 fully saturated rings. The van der Waals surface area contributed by atoms with Crippen LogP contribution in [0.3, 0.4) is 0 Å². The molecule has 6 nitrogen and oxygen atoms in total. The lowest BCUT2D eigenvalue weighted by Gasteiger charge is -2.24. The molecule has 0 aliphatic rings. The lowest BCUT2D eigenvalue weighted by Crippen LogP contribution is -2.41. The first-order valence-corrected chi connectivity index (χ1v) is 9.21. The minimum absolute atomic E-state index is 0.0847. The van der Waals surface area contributed by atoms with E-state index in [0.29, 0.717) is 25.1 Å². The van der Waals surface area contributed by atoms with Crippen molar-refractivity contribution < 1.29 is 24.3 Å². The number of phenolic OH excluding ortho intramolecular Hbond substituents is 1. The Morgan fingerprint density at radius 2 is 1.70 bits per heavy atom. The van der Waals surface area contributed by atoms with Crippen molar-refractivity contribution in [3.63, 3.8) is 0 Å². The van der Waals surface area contributed by atoms with E-state index in [4.69, 9.17) is 9.90 Å². The van der Waals surface area contributed by atoms with Gasteiger partial charge in [-0.15, -0.1) is 0 Å². The number of hydrogen-bond acceptors (Lipinski definition) is 4. The second kappa shape index (κ2) is 10.3. The zero-order valence-electron chi connectivity index (χ0n) is 18.1. The number of quaternary nitrogens is 1. The van der Waals surface area contributed by atoms with Gasteiger partial charge in [-0.2, -0.15) is 0 Å². The van der Waals surface area contributed by atoms with Gasteiger partial charge in [0.2, 0.25) is 5.91 Å². The number of benzene rings is 1. The molecule has 154 valence electrons. The van der Waals surface area contributed by atoms with Crippen molar-refractivity contribution in [3.8, 4) is 5.75 Å². The number of carboxylic acids is 1. The number of likely N-dealkylation sites (N-methyl/N-ethyl adjacent to an activating group) is 1. The summed E-state index contributed by atoms with van der Waals surface area (Å²) in [5.74, 6) is -0.630. The minimum atomic E-state index is -1.08. The zero-order valence-corrected chi connectivity index (χ0v) is 18.1. The first-order chi connectivity index (χ1) is 12.1. The Balaban J connectivity index is 0.00000153. The molecule has 1 aromatic rings. The third-order valence-electron chi connectivity index (χ3n) is 3.91. The number of carbonyl (C=O) groups is 2. The predicted molar refractivity (Wildman–Crippen MR) is 106 cm³/mol. The lowest BCUT2D eigenvalue weighted by molar-refractivity contribution is -0.869. The SMILES string of the molecule is CC(=O)[O-].Cc1cc(CCC(=O)NCC[N+](C)(C)C)cc(C(C)(C)C)c1O. The lowest BCUT2D eigenvalue weighted by atomic mass is 9.83. The second-order valence-electron chi connectivity index (χ2n) is 8.91. The van der Waals surface area contributed by atoms with Gasteiger partial charge in [0.25, 0.3) is 0 Å². The van der Waals surface area contributed by atoms with Crippen LogP contribution >= 0.6 is 0 Å². The van der Waals surface area contributed by atoms with E-state index in [1.54, 1.807) is 0 Å². The molecule has 1 rings (SSSR count). The summed E-state index contributed by atoms with van der Waals surface area (Å²) in [6.45, 7) is 10.8. The number of hydrogen-bond donors (Lipinski definition) is 2. The maximum atomic E-state index is 12.0. The number of aliphatic carboxylic acids is 1. The molecule has 0 atom stereocenters. The monoisotopic (exact) mass is 380 g/mol. The molecule has 0 unspecified atom stereocenters. The van der Waals surface area contributed by atoms with Gasteiger partial charge in [0, 0.05) is 12.4 Å². The highest BCUT2D eigenvalue weighted by molar-refractivity contribution is 5.76. The van der Waals surface area contributed by atoms with E-state index in [0.717, 1.165) is 34.6 Å². The van der Waals surface area contributed by atoms with Gasteiger partial charge in [0.05, 0.1) is 34.2 Å². The molecule has 6 heteroatoms. The van der Waals surface area contributed by atoms with Crippen LogP contribution in [-0.4, -0.2) is 55.7 Å². The van der Waals surface area contributed by atoms with Crippen molar-refractivity contribution in [1.82, 2.24) is 5.32 Å². The van der Waals surface area contributed by atoms with Crippen molar-refractivity contribution in [3.05, 3.63) is 28.8 Å². The van der Waals surface area contributed by atoms with Crippen molar-refractivity contribution in [2.24, 2.45) is 0 Å². The number of carbonyl (C=O) groups excluding carboxylic acids is 2. The zero-order chi connectivity index (χ0) is 21.4. The van der Waals surface area contributed by atoms with E-state index in [1.807, 2.05) is 19.1 Å². The van der Waals surface area contributed by atoms with Crippen molar-refractivity contribution >= 4 is 11.9 Å². The van der Waals surface area contributed by atoms with Crippen LogP contribution in [0.25, 0.3) is 0 Å². The van der Waals surface area contributed by atoms with E-state index < -0.39 is 5.97 Å². The van der Waals surface area contributed by atoms with Gasteiger partial charge in [0.15, 0.2) is 0 Å². The highest BCUT2D eigenvalue weighted by atomic mass is 16.4. The van der Waals surface area contributed by atoms with Gasteiger partial charge >= 0.3 is 0 Å². The number of carboxylic acid groups (broad SMARTS) is 1. The van der Waals surface area contributed by atoms with Crippen molar-refractivity contribution in [2.75, 3.05) is 34.2 Å². The molecule has 2 N–H and O–H groups in total. The summed E-state index contributed by atoms with van der Waals surface area (Å²) in [7, 11) is 6.33. The van der Waals surface area contributed by atoms with Gasteiger partial charge in [-0.3, -0.25) is 4.79 Å². The Labute approximate surface area is 163 Å². The van der Waals surface area contributed by atoms with Crippen LogP contribution in [0.15, 0.2) is 12.1 Å². The Kier molecular flexibility index (Phi) is 9.51. The van der Waals surface area contributed by atoms with Gasteiger partial charge in [-0.1, -0.05) is 32.9 Å². The molecule has 27 heavy (non-hydrogen) atoms. The van der Waals surface area contributed by atoms with Crippen LogP contribution in [0.2, 0.25) is 0 Å². The van der Waals surface area contributed by atoms with Gasteiger partial charge in [-0.05, 0) is 42.4 Å². The standard InChI is InChI=1S/C19H32N2O2.C2H4O2/c1-14-12-15(13-16(18(14)23)19(2,3)4)8-9-17(22)20-10-11-21(5,6)7;1-2(3)4/h12-13H,8-11H2,1-7H3,(H-,20,22,23);1H3,(H,3,4). The fourth-order valence-corrected chi connectivity index (χ4v) is 2.45. The van der Waals surface area contributed by atoms with Gasteiger partial charge in [-0.25, -0.2) is 0 Å². The normalized spacial score (nSPS) is 11.4. The first kappa shape index (κ1) is 24.9. The number of nitrogens with one attached hydrogen (secondary N) is 1. The van der Waals surface area contributed by atoms with Crippen LogP contribution in [0.1, 0.15) is 50.8 Å². The second-order valence-corrected chi connectivity index (χ2v) is 8.91. The molecule has 0 saturated heterocycles. The number of rotatable bonds is 6. The molecule has 1 amide bonds. The van der Waals surface area contributed by atoms with E-state index >= 15 is 0 Å². The van der Waals surface area contributed by atoms with E-state index in [2.05, 4.69) is 47.2 Å². The third kappa shape index (κ3) is 11.3. The summed E-state index contributed by atoms with van der Waals surface area (Å²) in [5, 5.41) is 22.1. The highest BCUT2D eigenvalue weighted by Gasteiger charge is 2.20. The average molecular weight is 381 g/mol. The number of nitrogens with zero attached hydrogens (tertiary/aromatic N) is 1. The first-order valence-electron chi connectivity index (χ1n) is 9.21.